The van der Waals surface area contributed by atoms with E-state index >= 15 is 0 Å². The molecule has 0 aliphatic carbocycles. The van der Waals surface area contributed by atoms with Gasteiger partial charge in [-0.2, -0.15) is 4.31 Å². The van der Waals surface area contributed by atoms with Gasteiger partial charge in [0.25, 0.3) is 0 Å². The van der Waals surface area contributed by atoms with Crippen LogP contribution in [0.3, 0.4) is 0 Å². The fourth-order valence-electron chi connectivity index (χ4n) is 1.81. The lowest BCUT2D eigenvalue weighted by Crippen LogP contribution is -2.37. The van der Waals surface area contributed by atoms with E-state index in [1.807, 2.05) is 0 Å². The van der Waals surface area contributed by atoms with Crippen molar-refractivity contribution in [3.63, 3.8) is 0 Å². The number of sulfonamides is 2. The Kier molecular flexibility index (Phi) is 4.90. The van der Waals surface area contributed by atoms with Crippen LogP contribution in [0.25, 0.3) is 0 Å². The molecule has 20 heavy (non-hydrogen) atoms. The number of nitrogens with two attached hydrogens (primary N) is 1. The maximum atomic E-state index is 13.9. The first-order valence-electron chi connectivity index (χ1n) is 5.86. The van der Waals surface area contributed by atoms with Crippen molar-refractivity contribution in [2.45, 2.75) is 36.6 Å². The Hall–Kier alpha value is -1.03. The summed E-state index contributed by atoms with van der Waals surface area (Å²) in [6.45, 7) is 5.14. The van der Waals surface area contributed by atoms with Crippen LogP contribution < -0.4 is 5.14 Å². The zero-order valence-corrected chi connectivity index (χ0v) is 13.0. The summed E-state index contributed by atoms with van der Waals surface area (Å²) < 4.78 is 61.8. The molecule has 0 unspecified atom stereocenters. The van der Waals surface area contributed by atoms with Gasteiger partial charge in [-0.15, -0.1) is 0 Å². The molecule has 0 radical (unpaired) electrons. The summed E-state index contributed by atoms with van der Waals surface area (Å²) in [7, 11) is -8.10. The molecular weight excluding hydrogens is 307 g/mol. The minimum Gasteiger partial charge on any atom is -0.225 e. The summed E-state index contributed by atoms with van der Waals surface area (Å²) in [5.41, 5.74) is 0. The normalized spacial score (nSPS) is 13.2. The molecular formula is C11H17FN2O4S2. The number of hydrogen-bond donors (Lipinski definition) is 1. The van der Waals surface area contributed by atoms with Crippen molar-refractivity contribution in [2.24, 2.45) is 5.14 Å². The molecule has 0 aliphatic heterocycles. The largest absolute Gasteiger partial charge is 0.246 e. The van der Waals surface area contributed by atoms with Crippen molar-refractivity contribution in [1.82, 2.24) is 4.31 Å². The van der Waals surface area contributed by atoms with E-state index in [2.05, 4.69) is 0 Å². The molecule has 0 saturated heterocycles. The second-order valence-electron chi connectivity index (χ2n) is 4.44. The molecule has 6 nitrogen and oxygen atoms in total. The highest BCUT2D eigenvalue weighted by Gasteiger charge is 2.29. The third-order valence-corrected chi connectivity index (χ3v) is 5.80. The Balaban J connectivity index is 3.42. The number of hydrogen-bond acceptors (Lipinski definition) is 4. The van der Waals surface area contributed by atoms with E-state index in [4.69, 9.17) is 5.14 Å². The molecule has 0 heterocycles. The van der Waals surface area contributed by atoms with Crippen molar-refractivity contribution in [3.05, 3.63) is 24.0 Å². The Bertz CT molecular complexity index is 699. The van der Waals surface area contributed by atoms with Crippen LogP contribution in [-0.2, 0) is 20.0 Å². The lowest BCUT2D eigenvalue weighted by Gasteiger charge is -2.24. The standard InChI is InChI=1S/C11H17FN2O4S2/c1-4-14(8(2)3)20(17,18)11-6-5-9(7-10(11)12)19(13,15)16/h5-8H,4H2,1-3H3,(H2,13,15,16). The lowest BCUT2D eigenvalue weighted by molar-refractivity contribution is 0.366. The zero-order valence-electron chi connectivity index (χ0n) is 11.4. The van der Waals surface area contributed by atoms with Gasteiger partial charge in [-0.3, -0.25) is 0 Å². The molecule has 0 bridgehead atoms. The Morgan fingerprint density at radius 1 is 1.25 bits per heavy atom. The van der Waals surface area contributed by atoms with Gasteiger partial charge < -0.3 is 0 Å². The average molecular weight is 324 g/mol. The Morgan fingerprint density at radius 2 is 1.80 bits per heavy atom. The van der Waals surface area contributed by atoms with E-state index in [-0.39, 0.29) is 12.6 Å². The zero-order chi connectivity index (χ0) is 15.7. The van der Waals surface area contributed by atoms with Crippen LogP contribution in [0.15, 0.2) is 28.0 Å². The van der Waals surface area contributed by atoms with Gasteiger partial charge in [0.05, 0.1) is 4.90 Å². The van der Waals surface area contributed by atoms with Crippen LogP contribution >= 0.6 is 0 Å². The highest BCUT2D eigenvalue weighted by molar-refractivity contribution is 7.89. The van der Waals surface area contributed by atoms with Gasteiger partial charge in [-0.1, -0.05) is 6.92 Å². The van der Waals surface area contributed by atoms with Gasteiger partial charge in [0.1, 0.15) is 10.7 Å². The molecule has 114 valence electrons. The summed E-state index contributed by atoms with van der Waals surface area (Å²) >= 11 is 0. The molecule has 0 fully saturated rings. The monoisotopic (exact) mass is 324 g/mol. The average Bonchev–Trinajstić information content (AvgIpc) is 2.26. The number of halogens is 1. The van der Waals surface area contributed by atoms with Gasteiger partial charge in [-0.25, -0.2) is 26.4 Å². The number of nitrogens with zero attached hydrogens (tertiary/aromatic N) is 1. The van der Waals surface area contributed by atoms with E-state index in [0.29, 0.717) is 6.07 Å². The van der Waals surface area contributed by atoms with Crippen LogP contribution in [0.5, 0.6) is 0 Å². The van der Waals surface area contributed by atoms with E-state index in [1.165, 1.54) is 0 Å². The van der Waals surface area contributed by atoms with Gasteiger partial charge in [0, 0.05) is 12.6 Å². The Labute approximate surface area is 118 Å². The quantitative estimate of drug-likeness (QED) is 0.870. The minimum absolute atomic E-state index is 0.177. The molecule has 0 atom stereocenters. The predicted octanol–water partition coefficient (Wildman–Crippen LogP) is 0.892. The number of rotatable bonds is 5. The van der Waals surface area contributed by atoms with Crippen molar-refractivity contribution >= 4 is 20.0 Å². The van der Waals surface area contributed by atoms with Gasteiger partial charge >= 0.3 is 0 Å². The molecule has 0 aromatic heterocycles. The second-order valence-corrected chi connectivity index (χ2v) is 7.86. The summed E-state index contributed by atoms with van der Waals surface area (Å²) in [5.74, 6) is -1.14. The molecule has 0 spiro atoms. The molecule has 0 saturated carbocycles. The number of primary sulfonamides is 1. The first-order chi connectivity index (χ1) is 9.01. The maximum Gasteiger partial charge on any atom is 0.246 e. The van der Waals surface area contributed by atoms with Gasteiger partial charge in [0.15, 0.2) is 0 Å². The van der Waals surface area contributed by atoms with Crippen LogP contribution in [-0.4, -0.2) is 33.7 Å². The summed E-state index contributed by atoms with van der Waals surface area (Å²) in [5, 5.41) is 4.86. The Morgan fingerprint density at radius 3 is 2.15 bits per heavy atom. The molecule has 1 aromatic rings. The fourth-order valence-corrected chi connectivity index (χ4v) is 4.03. The highest BCUT2D eigenvalue weighted by Crippen LogP contribution is 2.23. The summed E-state index contributed by atoms with van der Waals surface area (Å²) in [6, 6.07) is 2.15. The maximum absolute atomic E-state index is 13.9. The fraction of sp³-hybridized carbons (Fsp3) is 0.455. The lowest BCUT2D eigenvalue weighted by atomic mass is 10.3. The van der Waals surface area contributed by atoms with Crippen molar-refractivity contribution in [2.75, 3.05) is 6.54 Å². The highest BCUT2D eigenvalue weighted by atomic mass is 32.2. The van der Waals surface area contributed by atoms with Crippen LogP contribution in [0.2, 0.25) is 0 Å². The van der Waals surface area contributed by atoms with Crippen molar-refractivity contribution in [3.8, 4) is 0 Å². The molecule has 1 rings (SSSR count). The first-order valence-corrected chi connectivity index (χ1v) is 8.84. The minimum atomic E-state index is -4.08. The van der Waals surface area contributed by atoms with Crippen LogP contribution in [0, 0.1) is 5.82 Å². The van der Waals surface area contributed by atoms with E-state index in [9.17, 15) is 21.2 Å². The topological polar surface area (TPSA) is 97.5 Å². The second kappa shape index (κ2) is 5.76. The van der Waals surface area contributed by atoms with Crippen molar-refractivity contribution in [1.29, 1.82) is 0 Å². The summed E-state index contributed by atoms with van der Waals surface area (Å²) in [4.78, 5) is -1.04. The van der Waals surface area contributed by atoms with E-state index < -0.39 is 35.7 Å². The van der Waals surface area contributed by atoms with E-state index in [1.54, 1.807) is 20.8 Å². The summed E-state index contributed by atoms with van der Waals surface area (Å²) in [6.07, 6.45) is 0. The van der Waals surface area contributed by atoms with Gasteiger partial charge in [-0.05, 0) is 32.0 Å². The smallest absolute Gasteiger partial charge is 0.225 e. The molecule has 9 heteroatoms. The van der Waals surface area contributed by atoms with Crippen molar-refractivity contribution < 1.29 is 21.2 Å². The van der Waals surface area contributed by atoms with Crippen LogP contribution in [0.1, 0.15) is 20.8 Å². The molecule has 0 aliphatic rings. The third-order valence-electron chi connectivity index (χ3n) is 2.71. The molecule has 2 N–H and O–H groups in total. The first kappa shape index (κ1) is 17.0. The van der Waals surface area contributed by atoms with Crippen LogP contribution in [0.4, 0.5) is 4.39 Å². The predicted molar refractivity (Wildman–Crippen MR) is 72.5 cm³/mol. The molecule has 0 amide bonds. The number of benzene rings is 1. The third kappa shape index (κ3) is 3.35. The van der Waals surface area contributed by atoms with Gasteiger partial charge in [0.2, 0.25) is 20.0 Å². The SMILES string of the molecule is CCN(C(C)C)S(=O)(=O)c1ccc(S(N)(=O)=O)cc1F. The van der Waals surface area contributed by atoms with E-state index in [0.717, 1.165) is 16.4 Å². The molecule has 1 aromatic carbocycles.